The summed E-state index contributed by atoms with van der Waals surface area (Å²) in [4.78, 5) is 29.8. The molecule has 6 heteroatoms. The number of carbonyl (C=O) groups excluding carboxylic acids is 2. The summed E-state index contributed by atoms with van der Waals surface area (Å²) in [6.45, 7) is 6.28. The van der Waals surface area contributed by atoms with Gasteiger partial charge in [0.25, 0.3) is 5.91 Å². The zero-order valence-electron chi connectivity index (χ0n) is 18.1. The van der Waals surface area contributed by atoms with Crippen molar-refractivity contribution in [3.05, 3.63) is 71.8 Å². The largest absolute Gasteiger partial charge is 0.329 e. The summed E-state index contributed by atoms with van der Waals surface area (Å²) in [6.07, 6.45) is 2.07. The summed E-state index contributed by atoms with van der Waals surface area (Å²) in [5.74, 6) is 0.275. The number of piperazine rings is 1. The Bertz CT molecular complexity index is 899. The van der Waals surface area contributed by atoms with E-state index in [1.165, 1.54) is 20.9 Å². The number of hydrogen-bond donors (Lipinski definition) is 3. The summed E-state index contributed by atoms with van der Waals surface area (Å²) < 4.78 is 0. The maximum Gasteiger partial charge on any atom is 0.329 e. The Labute approximate surface area is 183 Å². The lowest BCUT2D eigenvalue weighted by atomic mass is 9.96. The number of benzene rings is 2. The van der Waals surface area contributed by atoms with Crippen molar-refractivity contribution in [3.8, 4) is 0 Å². The molecule has 0 bridgehead atoms. The fraction of sp³-hybridized carbons (Fsp3) is 0.440. The molecule has 2 heterocycles. The van der Waals surface area contributed by atoms with E-state index in [2.05, 4.69) is 66.0 Å². The van der Waals surface area contributed by atoms with E-state index in [1.54, 1.807) is 4.90 Å². The fourth-order valence-electron chi connectivity index (χ4n) is 5.35. The van der Waals surface area contributed by atoms with Gasteiger partial charge in [-0.25, -0.2) is 9.69 Å². The second-order valence-electron chi connectivity index (χ2n) is 9.46. The van der Waals surface area contributed by atoms with Crippen LogP contribution in [-0.4, -0.2) is 55.2 Å². The fourth-order valence-corrected chi connectivity index (χ4v) is 5.35. The Morgan fingerprint density at radius 2 is 1.48 bits per heavy atom. The first kappa shape index (κ1) is 20.2. The molecule has 1 atom stereocenters. The van der Waals surface area contributed by atoms with Crippen molar-refractivity contribution in [2.24, 2.45) is 5.92 Å². The normalized spacial score (nSPS) is 28.8. The smallest absolute Gasteiger partial charge is 0.323 e. The van der Waals surface area contributed by atoms with Crippen LogP contribution in [0.3, 0.4) is 0 Å². The molecule has 2 saturated heterocycles. The van der Waals surface area contributed by atoms with Gasteiger partial charge >= 0.3 is 6.03 Å². The molecule has 1 saturated carbocycles. The molecular weight excluding hydrogens is 388 g/mol. The zero-order chi connectivity index (χ0) is 21.4. The molecule has 31 heavy (non-hydrogen) atoms. The van der Waals surface area contributed by atoms with E-state index in [9.17, 15) is 9.59 Å². The number of quaternary nitrogens is 2. The molecule has 2 aromatic carbocycles. The Hall–Kier alpha value is -2.70. The molecule has 0 unspecified atom stereocenters. The highest BCUT2D eigenvalue weighted by atomic mass is 16.2. The van der Waals surface area contributed by atoms with Gasteiger partial charge in [-0.1, -0.05) is 60.7 Å². The van der Waals surface area contributed by atoms with Crippen molar-refractivity contribution in [2.75, 3.05) is 32.8 Å². The molecule has 3 aliphatic rings. The van der Waals surface area contributed by atoms with Gasteiger partial charge in [-0.05, 0) is 25.7 Å². The highest BCUT2D eigenvalue weighted by Crippen LogP contribution is 2.42. The first-order chi connectivity index (χ1) is 15.1. The standard InChI is InChI=1S/C25H30N4O2/c1-25(21-12-13-21)23(30)29(24(31)26-25)18-27-14-16-28(17-15-27)22(19-8-4-2-5-9-19)20-10-6-3-7-11-20/h2-11,21-22H,12-18H2,1H3,(H,26,31)/p+2/t25-/m0/s1. The van der Waals surface area contributed by atoms with Crippen LogP contribution < -0.4 is 15.1 Å². The second kappa shape index (κ2) is 8.09. The number of imide groups is 1. The van der Waals surface area contributed by atoms with Crippen LogP contribution in [0.4, 0.5) is 4.79 Å². The molecule has 2 aromatic rings. The number of urea groups is 1. The molecule has 0 radical (unpaired) electrons. The van der Waals surface area contributed by atoms with Gasteiger partial charge in [-0.15, -0.1) is 0 Å². The Morgan fingerprint density at radius 1 is 0.935 bits per heavy atom. The molecule has 3 N–H and O–H groups in total. The highest BCUT2D eigenvalue weighted by molar-refractivity contribution is 6.07. The van der Waals surface area contributed by atoms with E-state index < -0.39 is 5.54 Å². The molecule has 0 aromatic heterocycles. The predicted octanol–water partition coefficient (Wildman–Crippen LogP) is 0.237. The van der Waals surface area contributed by atoms with Gasteiger partial charge in [-0.3, -0.25) is 4.79 Å². The average Bonchev–Trinajstić information content (AvgIpc) is 3.63. The maximum absolute atomic E-state index is 13.0. The minimum atomic E-state index is -0.685. The minimum absolute atomic E-state index is 0.0336. The third-order valence-electron chi connectivity index (χ3n) is 7.35. The summed E-state index contributed by atoms with van der Waals surface area (Å²) in [6, 6.07) is 21.5. The predicted molar refractivity (Wildman–Crippen MR) is 117 cm³/mol. The van der Waals surface area contributed by atoms with Crippen molar-refractivity contribution in [1.29, 1.82) is 0 Å². The minimum Gasteiger partial charge on any atom is -0.323 e. The van der Waals surface area contributed by atoms with Crippen molar-refractivity contribution in [3.63, 3.8) is 0 Å². The Morgan fingerprint density at radius 3 is 2.00 bits per heavy atom. The van der Waals surface area contributed by atoms with Gasteiger partial charge in [0.05, 0.1) is 0 Å². The lowest BCUT2D eigenvalue weighted by Gasteiger charge is -2.35. The maximum atomic E-state index is 13.0. The first-order valence-electron chi connectivity index (χ1n) is 11.5. The SMILES string of the molecule is C[C@@]1(C2CC2)NC(=O)N(C[NH+]2CC[NH+](C(c3ccccc3)c3ccccc3)CC2)C1=O. The summed E-state index contributed by atoms with van der Waals surface area (Å²) in [5.41, 5.74) is 1.98. The molecule has 3 fully saturated rings. The molecule has 2 aliphatic heterocycles. The molecular formula is C25H32N4O2+2. The van der Waals surface area contributed by atoms with E-state index in [1.807, 2.05) is 6.92 Å². The molecule has 6 nitrogen and oxygen atoms in total. The summed E-state index contributed by atoms with van der Waals surface area (Å²) in [7, 11) is 0. The molecule has 0 spiro atoms. The van der Waals surface area contributed by atoms with Crippen molar-refractivity contribution in [2.45, 2.75) is 31.3 Å². The van der Waals surface area contributed by atoms with Gasteiger partial charge in [0.1, 0.15) is 37.8 Å². The van der Waals surface area contributed by atoms with E-state index in [0.717, 1.165) is 39.0 Å². The van der Waals surface area contributed by atoms with Gasteiger partial charge in [0.15, 0.2) is 6.67 Å². The van der Waals surface area contributed by atoms with Crippen molar-refractivity contribution >= 4 is 11.9 Å². The van der Waals surface area contributed by atoms with Gasteiger partial charge in [-0.2, -0.15) is 0 Å². The van der Waals surface area contributed by atoms with Gasteiger partial charge in [0, 0.05) is 11.1 Å². The monoisotopic (exact) mass is 420 g/mol. The third kappa shape index (κ3) is 3.86. The lowest BCUT2D eigenvalue weighted by Crippen LogP contribution is -3.28. The number of nitrogens with zero attached hydrogens (tertiary/aromatic N) is 1. The second-order valence-corrected chi connectivity index (χ2v) is 9.46. The first-order valence-corrected chi connectivity index (χ1v) is 11.5. The lowest BCUT2D eigenvalue weighted by molar-refractivity contribution is -1.03. The number of nitrogens with one attached hydrogen (secondary N) is 3. The molecule has 1 aliphatic carbocycles. The molecule has 162 valence electrons. The van der Waals surface area contributed by atoms with Crippen molar-refractivity contribution < 1.29 is 19.4 Å². The Kier molecular flexibility index (Phi) is 5.28. The summed E-state index contributed by atoms with van der Waals surface area (Å²) >= 11 is 0. The Balaban J connectivity index is 1.26. The number of amides is 3. The zero-order valence-corrected chi connectivity index (χ0v) is 18.1. The highest BCUT2D eigenvalue weighted by Gasteiger charge is 2.56. The topological polar surface area (TPSA) is 58.3 Å². The van der Waals surface area contributed by atoms with Crippen LogP contribution in [0.1, 0.15) is 36.9 Å². The number of rotatable bonds is 6. The van der Waals surface area contributed by atoms with Crippen LogP contribution >= 0.6 is 0 Å². The summed E-state index contributed by atoms with van der Waals surface area (Å²) in [5, 5.41) is 2.97. The van der Waals surface area contributed by atoms with Gasteiger partial charge < -0.3 is 15.1 Å². The number of hydrogen-bond acceptors (Lipinski definition) is 2. The third-order valence-corrected chi connectivity index (χ3v) is 7.35. The van der Waals surface area contributed by atoms with Crippen LogP contribution in [0.5, 0.6) is 0 Å². The van der Waals surface area contributed by atoms with E-state index >= 15 is 0 Å². The van der Waals surface area contributed by atoms with Gasteiger partial charge in [0.2, 0.25) is 0 Å². The quantitative estimate of drug-likeness (QED) is 0.587. The number of carbonyl (C=O) groups is 2. The van der Waals surface area contributed by atoms with E-state index in [-0.39, 0.29) is 11.9 Å². The van der Waals surface area contributed by atoms with Crippen LogP contribution in [0, 0.1) is 5.92 Å². The van der Waals surface area contributed by atoms with E-state index in [0.29, 0.717) is 18.6 Å². The van der Waals surface area contributed by atoms with E-state index in [4.69, 9.17) is 0 Å². The van der Waals surface area contributed by atoms with Crippen molar-refractivity contribution in [1.82, 2.24) is 10.2 Å². The van der Waals surface area contributed by atoms with Crippen LogP contribution in [0.15, 0.2) is 60.7 Å². The molecule has 5 rings (SSSR count). The average molecular weight is 421 g/mol. The van der Waals surface area contributed by atoms with Crippen LogP contribution in [0.25, 0.3) is 0 Å². The van der Waals surface area contributed by atoms with Crippen LogP contribution in [-0.2, 0) is 4.79 Å². The van der Waals surface area contributed by atoms with Crippen LogP contribution in [0.2, 0.25) is 0 Å². The molecule has 3 amide bonds.